The maximum atomic E-state index is 13.4. The third-order valence-electron chi connectivity index (χ3n) is 6.06. The Bertz CT molecular complexity index is 1320. The van der Waals surface area contributed by atoms with Crippen molar-refractivity contribution in [2.75, 3.05) is 38.9 Å². The van der Waals surface area contributed by atoms with E-state index in [1.165, 1.54) is 32.2 Å². The molecule has 0 spiro atoms. The topological polar surface area (TPSA) is 156 Å². The summed E-state index contributed by atoms with van der Waals surface area (Å²) in [6.45, 7) is 4.60. The number of hydrogen-bond acceptors (Lipinski definition) is 10. The fourth-order valence-corrected chi connectivity index (χ4v) is 4.39. The maximum Gasteiger partial charge on any atom is 0.336 e. The number of hydrogen-bond donors (Lipinski definition) is 1. The first kappa shape index (κ1) is 30.0. The Morgan fingerprint density at radius 2 is 1.65 bits per heavy atom. The number of aliphatic imine (C=N–C) groups is 1. The highest BCUT2D eigenvalue weighted by Gasteiger charge is 2.44. The lowest BCUT2D eigenvalue weighted by atomic mass is 9.75. The van der Waals surface area contributed by atoms with E-state index < -0.39 is 28.7 Å². The summed E-state index contributed by atoms with van der Waals surface area (Å²) in [7, 11) is 1.46. The lowest BCUT2D eigenvalue weighted by molar-refractivity contribution is -0.385. The van der Waals surface area contributed by atoms with E-state index in [0.717, 1.165) is 0 Å². The summed E-state index contributed by atoms with van der Waals surface area (Å²) in [6, 6.07) is 12.6. The number of allylic oxidation sites excluding steroid dienone is 1. The van der Waals surface area contributed by atoms with E-state index in [1.54, 1.807) is 44.2 Å². The second-order valence-electron chi connectivity index (χ2n) is 8.87. The molecule has 12 heteroatoms. The fourth-order valence-electron chi connectivity index (χ4n) is 4.39. The molecule has 1 aliphatic heterocycles. The number of benzene rings is 2. The van der Waals surface area contributed by atoms with Crippen LogP contribution in [0.4, 0.5) is 11.4 Å². The van der Waals surface area contributed by atoms with Gasteiger partial charge in [0.1, 0.15) is 31.5 Å². The molecule has 12 nitrogen and oxygen atoms in total. The van der Waals surface area contributed by atoms with Crippen LogP contribution >= 0.6 is 0 Å². The molecule has 2 aromatic rings. The number of nitrogens with one attached hydrogen (secondary N) is 1. The van der Waals surface area contributed by atoms with Crippen molar-refractivity contribution in [2.24, 2.45) is 10.9 Å². The van der Waals surface area contributed by atoms with Gasteiger partial charge in [0.05, 0.1) is 17.1 Å². The zero-order chi connectivity index (χ0) is 29.2. The Hall–Kier alpha value is -4.58. The molecule has 0 bridgehead atoms. The number of amides is 1. The van der Waals surface area contributed by atoms with Gasteiger partial charge in [-0.25, -0.2) is 4.79 Å². The van der Waals surface area contributed by atoms with Crippen LogP contribution in [0.25, 0.3) is 0 Å². The zero-order valence-corrected chi connectivity index (χ0v) is 22.7. The molecule has 1 unspecified atom stereocenters. The molecule has 212 valence electrons. The van der Waals surface area contributed by atoms with Gasteiger partial charge < -0.3 is 24.3 Å². The van der Waals surface area contributed by atoms with Crippen LogP contribution in [0.5, 0.6) is 5.75 Å². The minimum Gasteiger partial charge on any atom is -0.490 e. The minimum absolute atomic E-state index is 0.0124. The van der Waals surface area contributed by atoms with Crippen molar-refractivity contribution < 1.29 is 38.3 Å². The van der Waals surface area contributed by atoms with Crippen LogP contribution in [0.1, 0.15) is 32.3 Å². The van der Waals surface area contributed by atoms with Crippen molar-refractivity contribution in [1.29, 1.82) is 0 Å². The Labute approximate surface area is 231 Å². The molecule has 0 aliphatic carbocycles. The Morgan fingerprint density at radius 1 is 0.975 bits per heavy atom. The van der Waals surface area contributed by atoms with E-state index in [9.17, 15) is 24.5 Å². The van der Waals surface area contributed by atoms with Gasteiger partial charge in [0, 0.05) is 48.7 Å². The quantitative estimate of drug-likeness (QED) is 0.179. The molecule has 1 heterocycles. The van der Waals surface area contributed by atoms with Gasteiger partial charge in [-0.05, 0) is 38.1 Å². The van der Waals surface area contributed by atoms with Crippen LogP contribution in [0.3, 0.4) is 0 Å². The molecule has 2 aromatic carbocycles. The number of nitro groups is 1. The Kier molecular flexibility index (Phi) is 10.5. The summed E-state index contributed by atoms with van der Waals surface area (Å²) in [6.07, 6.45) is 0. The summed E-state index contributed by atoms with van der Waals surface area (Å²) in [5.41, 5.74) is 1.18. The summed E-state index contributed by atoms with van der Waals surface area (Å²) >= 11 is 0. The first-order valence-corrected chi connectivity index (χ1v) is 12.5. The van der Waals surface area contributed by atoms with Gasteiger partial charge in [0.15, 0.2) is 0 Å². The number of carbonyl (C=O) groups excluding carboxylic acids is 3. The lowest BCUT2D eigenvalue weighted by Gasteiger charge is -2.31. The van der Waals surface area contributed by atoms with Crippen molar-refractivity contribution in [1.82, 2.24) is 0 Å². The van der Waals surface area contributed by atoms with E-state index in [4.69, 9.17) is 18.9 Å². The molecule has 0 radical (unpaired) electrons. The van der Waals surface area contributed by atoms with Crippen LogP contribution < -0.4 is 10.1 Å². The Morgan fingerprint density at radius 3 is 2.30 bits per heavy atom. The molecule has 2 atom stereocenters. The molecular weight excluding hydrogens is 522 g/mol. The number of anilines is 1. The highest BCUT2D eigenvalue weighted by molar-refractivity contribution is 6.07. The van der Waals surface area contributed by atoms with Gasteiger partial charge in [0.25, 0.3) is 5.69 Å². The number of para-hydroxylation sites is 1. The SMILES string of the molecule is COCCOC(=O)C1C(C)=NC(C)=C(C(=O)OCCOc2ccc(NC(C)=O)cc2)[C@@H]1c1ccccc1[N+](=O)[O-]. The molecule has 1 amide bonds. The molecule has 0 aromatic heterocycles. The molecule has 1 N–H and O–H groups in total. The van der Waals surface area contributed by atoms with Gasteiger partial charge in [-0.15, -0.1) is 0 Å². The third-order valence-corrected chi connectivity index (χ3v) is 6.06. The molecule has 0 saturated heterocycles. The van der Waals surface area contributed by atoms with Crippen LogP contribution in [-0.4, -0.2) is 62.0 Å². The number of ether oxygens (including phenoxy) is 4. The molecule has 40 heavy (non-hydrogen) atoms. The van der Waals surface area contributed by atoms with E-state index in [1.807, 2.05) is 0 Å². The number of nitrogens with zero attached hydrogens (tertiary/aromatic N) is 2. The highest BCUT2D eigenvalue weighted by atomic mass is 16.6. The first-order chi connectivity index (χ1) is 19.1. The third kappa shape index (κ3) is 7.50. The van der Waals surface area contributed by atoms with Gasteiger partial charge in [0.2, 0.25) is 5.91 Å². The number of rotatable bonds is 12. The van der Waals surface area contributed by atoms with E-state index in [-0.39, 0.29) is 54.9 Å². The largest absolute Gasteiger partial charge is 0.490 e. The number of methoxy groups -OCH3 is 1. The molecular formula is C28H31N3O9. The first-order valence-electron chi connectivity index (χ1n) is 12.5. The average molecular weight is 554 g/mol. The van der Waals surface area contributed by atoms with E-state index in [0.29, 0.717) is 17.1 Å². The minimum atomic E-state index is -1.09. The predicted molar refractivity (Wildman–Crippen MR) is 145 cm³/mol. The van der Waals surface area contributed by atoms with Gasteiger partial charge >= 0.3 is 11.9 Å². The normalized spacial score (nSPS) is 16.6. The average Bonchev–Trinajstić information content (AvgIpc) is 2.91. The lowest BCUT2D eigenvalue weighted by Crippen LogP contribution is -2.37. The van der Waals surface area contributed by atoms with Crippen molar-refractivity contribution in [3.05, 3.63) is 75.5 Å². The zero-order valence-electron chi connectivity index (χ0n) is 22.7. The van der Waals surface area contributed by atoms with E-state index in [2.05, 4.69) is 10.3 Å². The number of esters is 2. The molecule has 0 fully saturated rings. The highest BCUT2D eigenvalue weighted by Crippen LogP contribution is 2.43. The second-order valence-corrected chi connectivity index (χ2v) is 8.87. The molecule has 0 saturated carbocycles. The standard InChI is InChI=1S/C28H31N3O9/c1-17-24(27(33)39-14-13-37-4)26(22-7-5-6-8-23(22)31(35)36)25(18(2)29-17)28(34)40-16-15-38-21-11-9-20(10-12-21)30-19(3)32/h5-12,24,26H,13-16H2,1-4H3,(H,30,32)/t24?,26-/m1/s1. The summed E-state index contributed by atoms with van der Waals surface area (Å²) in [5, 5.41) is 14.5. The fraction of sp³-hybridized carbons (Fsp3) is 0.357. The molecule has 1 aliphatic rings. The van der Waals surface area contributed by atoms with Gasteiger partial charge in [-0.3, -0.25) is 24.7 Å². The van der Waals surface area contributed by atoms with Crippen molar-refractivity contribution in [3.63, 3.8) is 0 Å². The summed E-state index contributed by atoms with van der Waals surface area (Å²) < 4.78 is 21.4. The van der Waals surface area contributed by atoms with Crippen LogP contribution in [-0.2, 0) is 28.6 Å². The maximum absolute atomic E-state index is 13.4. The van der Waals surface area contributed by atoms with Crippen molar-refractivity contribution in [2.45, 2.75) is 26.7 Å². The van der Waals surface area contributed by atoms with Crippen LogP contribution in [0.15, 0.2) is 64.8 Å². The van der Waals surface area contributed by atoms with Crippen LogP contribution in [0.2, 0.25) is 0 Å². The van der Waals surface area contributed by atoms with Crippen molar-refractivity contribution in [3.8, 4) is 5.75 Å². The molecule has 3 rings (SSSR count). The van der Waals surface area contributed by atoms with Crippen LogP contribution in [0, 0.1) is 16.0 Å². The number of carbonyl (C=O) groups is 3. The van der Waals surface area contributed by atoms with Crippen molar-refractivity contribution >= 4 is 34.9 Å². The van der Waals surface area contributed by atoms with Gasteiger partial charge in [-0.2, -0.15) is 0 Å². The Balaban J connectivity index is 1.82. The summed E-state index contributed by atoms with van der Waals surface area (Å²) in [4.78, 5) is 53.4. The van der Waals surface area contributed by atoms with E-state index >= 15 is 0 Å². The summed E-state index contributed by atoms with van der Waals surface area (Å²) in [5.74, 6) is -3.33. The second kappa shape index (κ2) is 14.0. The van der Waals surface area contributed by atoms with Gasteiger partial charge in [-0.1, -0.05) is 18.2 Å². The predicted octanol–water partition coefficient (Wildman–Crippen LogP) is 3.81. The smallest absolute Gasteiger partial charge is 0.336 e. The monoisotopic (exact) mass is 553 g/mol. The number of nitro benzene ring substituents is 1.